The maximum absolute atomic E-state index is 11.9. The molecule has 0 spiro atoms. The van der Waals surface area contributed by atoms with E-state index in [1.807, 2.05) is 0 Å². The zero-order valence-electron chi connectivity index (χ0n) is 10.9. The Bertz CT molecular complexity index is 628. The third-order valence-electron chi connectivity index (χ3n) is 2.78. The van der Waals surface area contributed by atoms with Gasteiger partial charge in [0, 0.05) is 17.3 Å². The number of ether oxygens (including phenoxy) is 1. The lowest BCUT2D eigenvalue weighted by Crippen LogP contribution is -2.14. The van der Waals surface area contributed by atoms with Gasteiger partial charge in [0.15, 0.2) is 0 Å². The average Bonchev–Trinajstić information content (AvgIpc) is 2.43. The molecule has 0 heterocycles. The fourth-order valence-corrected chi connectivity index (χ4v) is 2.18. The number of benzene rings is 2. The highest BCUT2D eigenvalue weighted by Crippen LogP contribution is 2.28. The Hall–Kier alpha value is -2.01. The molecule has 4 nitrogen and oxygen atoms in total. The molecule has 0 unspecified atom stereocenters. The van der Waals surface area contributed by atoms with Gasteiger partial charge in [-0.05, 0) is 34.1 Å². The quantitative estimate of drug-likeness (QED) is 0.900. The fraction of sp³-hybridized carbons (Fsp3) is 0.133. The van der Waals surface area contributed by atoms with Crippen molar-refractivity contribution in [1.82, 2.24) is 0 Å². The number of halogens is 1. The summed E-state index contributed by atoms with van der Waals surface area (Å²) in [5, 5.41) is 12.4. The first-order valence-electron chi connectivity index (χ1n) is 6.00. The van der Waals surface area contributed by atoms with Gasteiger partial charge in [-0.1, -0.05) is 18.2 Å². The van der Waals surface area contributed by atoms with Gasteiger partial charge < -0.3 is 15.2 Å². The van der Waals surface area contributed by atoms with E-state index >= 15 is 0 Å². The molecule has 0 saturated heterocycles. The van der Waals surface area contributed by atoms with Gasteiger partial charge in [-0.25, -0.2) is 0 Å². The van der Waals surface area contributed by atoms with Crippen LogP contribution in [0.5, 0.6) is 11.5 Å². The predicted molar refractivity (Wildman–Crippen MR) is 81.1 cm³/mol. The highest BCUT2D eigenvalue weighted by atomic mass is 79.9. The van der Waals surface area contributed by atoms with Crippen LogP contribution in [0.2, 0.25) is 0 Å². The predicted octanol–water partition coefficient (Wildman–Crippen LogP) is 3.34. The zero-order chi connectivity index (χ0) is 14.5. The lowest BCUT2D eigenvalue weighted by molar-refractivity contribution is -0.115. The number of amides is 1. The minimum absolute atomic E-state index is 0.116. The van der Waals surface area contributed by atoms with Gasteiger partial charge in [-0.2, -0.15) is 0 Å². The summed E-state index contributed by atoms with van der Waals surface area (Å²) < 4.78 is 5.98. The summed E-state index contributed by atoms with van der Waals surface area (Å²) in [5.41, 5.74) is 1.24. The smallest absolute Gasteiger partial charge is 0.228 e. The molecule has 2 N–H and O–H groups in total. The molecule has 0 aliphatic carbocycles. The summed E-state index contributed by atoms with van der Waals surface area (Å²) in [4.78, 5) is 11.9. The molecule has 0 aliphatic rings. The minimum Gasteiger partial charge on any atom is -0.508 e. The molecular weight excluding hydrogens is 322 g/mol. The second-order valence-corrected chi connectivity index (χ2v) is 5.06. The van der Waals surface area contributed by atoms with Crippen LogP contribution in [0.3, 0.4) is 0 Å². The lowest BCUT2D eigenvalue weighted by atomic mass is 10.1. The van der Waals surface area contributed by atoms with Crippen LogP contribution in [0.1, 0.15) is 5.56 Å². The highest BCUT2D eigenvalue weighted by molar-refractivity contribution is 9.10. The largest absolute Gasteiger partial charge is 0.508 e. The summed E-state index contributed by atoms with van der Waals surface area (Å²) in [6, 6.07) is 12.1. The number of carbonyl (C=O) groups is 1. The van der Waals surface area contributed by atoms with Crippen molar-refractivity contribution < 1.29 is 14.6 Å². The SMILES string of the molecule is COc1cc(NC(=O)Cc2ccccc2O)ccc1Br. The molecule has 2 aromatic rings. The first-order chi connectivity index (χ1) is 9.60. The van der Waals surface area contributed by atoms with Gasteiger partial charge in [0.25, 0.3) is 0 Å². The van der Waals surface area contributed by atoms with E-state index in [4.69, 9.17) is 4.74 Å². The number of phenolic OH excluding ortho intramolecular Hbond substituents is 1. The molecule has 0 aromatic heterocycles. The van der Waals surface area contributed by atoms with Gasteiger partial charge >= 0.3 is 0 Å². The highest BCUT2D eigenvalue weighted by Gasteiger charge is 2.09. The first-order valence-corrected chi connectivity index (χ1v) is 6.79. The van der Waals surface area contributed by atoms with Crippen molar-refractivity contribution in [3.63, 3.8) is 0 Å². The molecular formula is C15H14BrNO3. The maximum Gasteiger partial charge on any atom is 0.228 e. The maximum atomic E-state index is 11.9. The summed E-state index contributed by atoms with van der Waals surface area (Å²) >= 11 is 3.35. The van der Waals surface area contributed by atoms with Gasteiger partial charge in [0.05, 0.1) is 18.0 Å². The summed E-state index contributed by atoms with van der Waals surface area (Å²) in [7, 11) is 1.56. The van der Waals surface area contributed by atoms with E-state index in [2.05, 4.69) is 21.2 Å². The third kappa shape index (κ3) is 3.51. The number of carbonyl (C=O) groups excluding carboxylic acids is 1. The molecule has 0 atom stereocenters. The fourth-order valence-electron chi connectivity index (χ4n) is 1.78. The number of rotatable bonds is 4. The van der Waals surface area contributed by atoms with Crippen LogP contribution in [0, 0.1) is 0 Å². The normalized spacial score (nSPS) is 10.1. The van der Waals surface area contributed by atoms with E-state index in [-0.39, 0.29) is 18.1 Å². The van der Waals surface area contributed by atoms with Gasteiger partial charge in [0.2, 0.25) is 5.91 Å². The van der Waals surface area contributed by atoms with Crippen molar-refractivity contribution in [1.29, 1.82) is 0 Å². The van der Waals surface area contributed by atoms with Gasteiger partial charge in [-0.15, -0.1) is 0 Å². The van der Waals surface area contributed by atoms with E-state index in [9.17, 15) is 9.90 Å². The van der Waals surface area contributed by atoms with E-state index in [1.54, 1.807) is 49.6 Å². The Morgan fingerprint density at radius 1 is 1.30 bits per heavy atom. The Morgan fingerprint density at radius 3 is 2.75 bits per heavy atom. The minimum atomic E-state index is -0.198. The second-order valence-electron chi connectivity index (χ2n) is 4.20. The lowest BCUT2D eigenvalue weighted by Gasteiger charge is -2.09. The number of hydrogen-bond donors (Lipinski definition) is 2. The summed E-state index contributed by atoms with van der Waals surface area (Å²) in [5.74, 6) is 0.567. The first kappa shape index (κ1) is 14.4. The number of anilines is 1. The van der Waals surface area contributed by atoms with Crippen molar-refractivity contribution >= 4 is 27.5 Å². The molecule has 104 valence electrons. The average molecular weight is 336 g/mol. The number of aromatic hydroxyl groups is 1. The summed E-state index contributed by atoms with van der Waals surface area (Å²) in [6.45, 7) is 0. The third-order valence-corrected chi connectivity index (χ3v) is 3.43. The van der Waals surface area contributed by atoms with E-state index in [0.29, 0.717) is 17.0 Å². The van der Waals surface area contributed by atoms with Crippen LogP contribution in [-0.4, -0.2) is 18.1 Å². The molecule has 0 radical (unpaired) electrons. The molecule has 0 fully saturated rings. The number of methoxy groups -OCH3 is 1. The van der Waals surface area contributed by atoms with Gasteiger partial charge in [-0.3, -0.25) is 4.79 Å². The van der Waals surface area contributed by atoms with Crippen molar-refractivity contribution in [3.05, 3.63) is 52.5 Å². The number of nitrogens with one attached hydrogen (secondary N) is 1. The molecule has 20 heavy (non-hydrogen) atoms. The van der Waals surface area contributed by atoms with Crippen molar-refractivity contribution in [2.45, 2.75) is 6.42 Å². The molecule has 0 bridgehead atoms. The number of phenols is 1. The summed E-state index contributed by atoms with van der Waals surface area (Å²) in [6.07, 6.45) is 0.116. The standard InChI is InChI=1S/C15H14BrNO3/c1-20-14-9-11(6-7-12(14)16)17-15(19)8-10-4-2-3-5-13(10)18/h2-7,9,18H,8H2,1H3,(H,17,19). The molecule has 2 aromatic carbocycles. The molecule has 0 aliphatic heterocycles. The topological polar surface area (TPSA) is 58.6 Å². The molecule has 5 heteroatoms. The Morgan fingerprint density at radius 2 is 2.05 bits per heavy atom. The number of hydrogen-bond acceptors (Lipinski definition) is 3. The van der Waals surface area contributed by atoms with Crippen molar-refractivity contribution in [2.24, 2.45) is 0 Å². The van der Waals surface area contributed by atoms with Crippen LogP contribution in [0.15, 0.2) is 46.9 Å². The van der Waals surface area contributed by atoms with E-state index in [0.717, 1.165) is 4.47 Å². The van der Waals surface area contributed by atoms with E-state index < -0.39 is 0 Å². The zero-order valence-corrected chi connectivity index (χ0v) is 12.5. The molecule has 2 rings (SSSR count). The van der Waals surface area contributed by atoms with Crippen molar-refractivity contribution in [2.75, 3.05) is 12.4 Å². The molecule has 1 amide bonds. The van der Waals surface area contributed by atoms with Crippen LogP contribution in [0.4, 0.5) is 5.69 Å². The Kier molecular flexibility index (Phi) is 4.63. The van der Waals surface area contributed by atoms with E-state index in [1.165, 1.54) is 0 Å². The monoisotopic (exact) mass is 335 g/mol. The van der Waals surface area contributed by atoms with Crippen LogP contribution in [-0.2, 0) is 11.2 Å². The number of para-hydroxylation sites is 1. The van der Waals surface area contributed by atoms with Crippen LogP contribution in [0.25, 0.3) is 0 Å². The molecule has 0 saturated carbocycles. The Balaban J connectivity index is 2.07. The van der Waals surface area contributed by atoms with Gasteiger partial charge in [0.1, 0.15) is 11.5 Å². The Labute approximate surface area is 125 Å². The van der Waals surface area contributed by atoms with Crippen LogP contribution >= 0.6 is 15.9 Å². The van der Waals surface area contributed by atoms with Crippen molar-refractivity contribution in [3.8, 4) is 11.5 Å². The van der Waals surface area contributed by atoms with Crippen LogP contribution < -0.4 is 10.1 Å². The second kappa shape index (κ2) is 6.43.